The lowest BCUT2D eigenvalue weighted by atomic mass is 9.97. The van der Waals surface area contributed by atoms with Gasteiger partial charge in [-0.15, -0.1) is 0 Å². The van der Waals surface area contributed by atoms with Gasteiger partial charge in [0, 0.05) is 19.0 Å². The standard InChI is InChI=1S/C24H24N4O3/c29-24(30)18-8-11-27(12-9-18)14-20-15-28-16-22(5-6-23(28)26-20)31-21-3-1-17(2-4-21)19-7-10-25-13-19/h1-7,10,15-16,18H,8-9,11-14H2,(H,29,30). The minimum absolute atomic E-state index is 0.214. The number of allylic oxidation sites excluding steroid dienone is 1. The van der Waals surface area contributed by atoms with Gasteiger partial charge in [-0.05, 0) is 67.4 Å². The summed E-state index contributed by atoms with van der Waals surface area (Å²) in [7, 11) is 0. The van der Waals surface area contributed by atoms with Crippen molar-refractivity contribution in [3.8, 4) is 11.5 Å². The number of piperidine rings is 1. The van der Waals surface area contributed by atoms with E-state index < -0.39 is 5.97 Å². The maximum atomic E-state index is 11.1. The first-order valence-electron chi connectivity index (χ1n) is 10.5. The van der Waals surface area contributed by atoms with Crippen molar-refractivity contribution in [2.45, 2.75) is 19.4 Å². The number of pyridine rings is 1. The number of hydrogen-bond donors (Lipinski definition) is 1. The zero-order valence-electron chi connectivity index (χ0n) is 17.1. The van der Waals surface area contributed by atoms with E-state index in [1.807, 2.05) is 53.4 Å². The van der Waals surface area contributed by atoms with E-state index in [0.717, 1.165) is 54.6 Å². The molecule has 0 atom stereocenters. The average Bonchev–Trinajstić information content (AvgIpc) is 3.44. The van der Waals surface area contributed by atoms with Gasteiger partial charge in [0.1, 0.15) is 17.1 Å². The molecule has 2 aliphatic rings. The van der Waals surface area contributed by atoms with Crippen molar-refractivity contribution < 1.29 is 14.6 Å². The van der Waals surface area contributed by atoms with E-state index in [0.29, 0.717) is 12.8 Å². The number of likely N-dealkylation sites (tertiary alicyclic amines) is 1. The number of rotatable bonds is 6. The van der Waals surface area contributed by atoms with Gasteiger partial charge in [0.15, 0.2) is 0 Å². The Morgan fingerprint density at radius 3 is 2.55 bits per heavy atom. The van der Waals surface area contributed by atoms with Crippen LogP contribution in [0.2, 0.25) is 0 Å². The largest absolute Gasteiger partial charge is 0.481 e. The summed E-state index contributed by atoms with van der Waals surface area (Å²) in [5, 5.41) is 9.15. The molecule has 1 N–H and O–H groups in total. The van der Waals surface area contributed by atoms with Gasteiger partial charge in [0.05, 0.1) is 24.4 Å². The number of aromatic nitrogens is 2. The SMILES string of the molecule is O=C(O)C1CCN(Cc2cn3cc(Oc4ccc(C5=CC=NC5)cc4)ccc3n2)CC1. The number of benzene rings is 1. The highest BCUT2D eigenvalue weighted by atomic mass is 16.5. The molecule has 158 valence electrons. The normalized spacial score (nSPS) is 17.2. The molecule has 7 nitrogen and oxygen atoms in total. The Morgan fingerprint density at radius 1 is 1.06 bits per heavy atom. The van der Waals surface area contributed by atoms with Crippen molar-refractivity contribution in [3.63, 3.8) is 0 Å². The number of hydrogen-bond acceptors (Lipinski definition) is 5. The van der Waals surface area contributed by atoms with Gasteiger partial charge >= 0.3 is 5.97 Å². The second-order valence-electron chi connectivity index (χ2n) is 8.06. The first-order chi connectivity index (χ1) is 15.1. The molecule has 0 aliphatic carbocycles. The summed E-state index contributed by atoms with van der Waals surface area (Å²) >= 11 is 0. The summed E-state index contributed by atoms with van der Waals surface area (Å²) in [5.74, 6) is 0.632. The molecule has 1 aromatic carbocycles. The van der Waals surface area contributed by atoms with Crippen molar-refractivity contribution in [2.75, 3.05) is 19.6 Å². The van der Waals surface area contributed by atoms with Crippen LogP contribution in [-0.2, 0) is 11.3 Å². The smallest absolute Gasteiger partial charge is 0.306 e. The molecule has 31 heavy (non-hydrogen) atoms. The lowest BCUT2D eigenvalue weighted by molar-refractivity contribution is -0.143. The van der Waals surface area contributed by atoms with Crippen LogP contribution >= 0.6 is 0 Å². The summed E-state index contributed by atoms with van der Waals surface area (Å²) < 4.78 is 8.01. The van der Waals surface area contributed by atoms with Crippen molar-refractivity contribution >= 4 is 23.4 Å². The van der Waals surface area contributed by atoms with Crippen LogP contribution < -0.4 is 4.74 Å². The molecule has 0 spiro atoms. The predicted octanol–water partition coefficient (Wildman–Crippen LogP) is 3.89. The summed E-state index contributed by atoms with van der Waals surface area (Å²) in [4.78, 5) is 22.3. The number of ether oxygens (including phenoxy) is 1. The highest BCUT2D eigenvalue weighted by Crippen LogP contribution is 2.26. The maximum Gasteiger partial charge on any atom is 0.306 e. The third-order valence-corrected chi connectivity index (χ3v) is 5.90. The highest BCUT2D eigenvalue weighted by Gasteiger charge is 2.24. The van der Waals surface area contributed by atoms with E-state index in [1.165, 1.54) is 5.57 Å². The van der Waals surface area contributed by atoms with Crippen molar-refractivity contribution in [1.29, 1.82) is 0 Å². The summed E-state index contributed by atoms with van der Waals surface area (Å²) in [6.45, 7) is 3.04. The molecule has 5 rings (SSSR count). The van der Waals surface area contributed by atoms with Gasteiger partial charge in [-0.2, -0.15) is 0 Å². The van der Waals surface area contributed by atoms with E-state index in [2.05, 4.69) is 22.0 Å². The van der Waals surface area contributed by atoms with Crippen LogP contribution in [0.15, 0.2) is 59.9 Å². The zero-order chi connectivity index (χ0) is 21.2. The Balaban J connectivity index is 1.24. The van der Waals surface area contributed by atoms with Crippen LogP contribution in [0.25, 0.3) is 11.2 Å². The quantitative estimate of drug-likeness (QED) is 0.659. The molecule has 7 heteroatoms. The fourth-order valence-electron chi connectivity index (χ4n) is 4.13. The number of carboxylic acids is 1. The average molecular weight is 416 g/mol. The lowest BCUT2D eigenvalue weighted by Crippen LogP contribution is -2.35. The highest BCUT2D eigenvalue weighted by molar-refractivity contribution is 5.89. The van der Waals surface area contributed by atoms with E-state index in [1.54, 1.807) is 0 Å². The van der Waals surface area contributed by atoms with Crippen LogP contribution in [0.5, 0.6) is 11.5 Å². The number of aliphatic carboxylic acids is 1. The topological polar surface area (TPSA) is 79.4 Å². The second-order valence-corrected chi connectivity index (χ2v) is 8.06. The Morgan fingerprint density at radius 2 is 1.84 bits per heavy atom. The second kappa shape index (κ2) is 8.35. The number of carboxylic acid groups (broad SMARTS) is 1. The summed E-state index contributed by atoms with van der Waals surface area (Å²) in [6.07, 6.45) is 9.22. The third-order valence-electron chi connectivity index (χ3n) is 5.90. The minimum atomic E-state index is -0.681. The van der Waals surface area contributed by atoms with Crippen LogP contribution in [0.3, 0.4) is 0 Å². The van der Waals surface area contributed by atoms with Crippen molar-refractivity contribution in [1.82, 2.24) is 14.3 Å². The molecular formula is C24H24N4O3. The molecule has 2 aliphatic heterocycles. The molecule has 0 unspecified atom stereocenters. The Labute approximate surface area is 180 Å². The summed E-state index contributed by atoms with van der Waals surface area (Å²) in [5.41, 5.74) is 4.21. The fraction of sp³-hybridized carbons (Fsp3) is 0.292. The monoisotopic (exact) mass is 416 g/mol. The lowest BCUT2D eigenvalue weighted by Gasteiger charge is -2.29. The molecule has 2 aromatic heterocycles. The molecule has 0 amide bonds. The van der Waals surface area contributed by atoms with Crippen LogP contribution in [0, 0.1) is 5.92 Å². The van der Waals surface area contributed by atoms with E-state index >= 15 is 0 Å². The van der Waals surface area contributed by atoms with Gasteiger partial charge in [-0.3, -0.25) is 14.7 Å². The van der Waals surface area contributed by atoms with Crippen molar-refractivity contribution in [3.05, 3.63) is 66.1 Å². The van der Waals surface area contributed by atoms with E-state index in [9.17, 15) is 4.79 Å². The van der Waals surface area contributed by atoms with E-state index in [4.69, 9.17) is 14.8 Å². The van der Waals surface area contributed by atoms with Crippen LogP contribution in [-0.4, -0.2) is 51.2 Å². The third kappa shape index (κ3) is 4.36. The fourth-order valence-corrected chi connectivity index (χ4v) is 4.13. The molecule has 0 radical (unpaired) electrons. The maximum absolute atomic E-state index is 11.1. The summed E-state index contributed by atoms with van der Waals surface area (Å²) in [6, 6.07) is 11.9. The van der Waals surface area contributed by atoms with Gasteiger partial charge in [0.25, 0.3) is 0 Å². The predicted molar refractivity (Wildman–Crippen MR) is 119 cm³/mol. The Hall–Kier alpha value is -3.45. The molecule has 4 heterocycles. The number of fused-ring (bicyclic) bond motifs is 1. The molecular weight excluding hydrogens is 392 g/mol. The Bertz CT molecular complexity index is 1160. The number of nitrogens with zero attached hydrogens (tertiary/aromatic N) is 4. The first kappa shape index (κ1) is 19.5. The molecule has 0 bridgehead atoms. The van der Waals surface area contributed by atoms with Gasteiger partial charge in [0.2, 0.25) is 0 Å². The molecule has 0 saturated carbocycles. The molecule has 1 saturated heterocycles. The van der Waals surface area contributed by atoms with Crippen LogP contribution in [0.4, 0.5) is 0 Å². The van der Waals surface area contributed by atoms with Gasteiger partial charge < -0.3 is 14.2 Å². The van der Waals surface area contributed by atoms with Gasteiger partial charge in [-0.1, -0.05) is 12.1 Å². The Kier molecular flexibility index (Phi) is 5.26. The zero-order valence-corrected chi connectivity index (χ0v) is 17.1. The molecule has 1 fully saturated rings. The van der Waals surface area contributed by atoms with Crippen molar-refractivity contribution in [2.24, 2.45) is 10.9 Å². The van der Waals surface area contributed by atoms with E-state index in [-0.39, 0.29) is 5.92 Å². The minimum Gasteiger partial charge on any atom is -0.481 e. The number of imidazole rings is 1. The number of carbonyl (C=O) groups is 1. The first-order valence-corrected chi connectivity index (χ1v) is 10.5. The molecule has 3 aromatic rings. The van der Waals surface area contributed by atoms with Crippen LogP contribution in [0.1, 0.15) is 24.1 Å². The number of aliphatic imine (C=N–C) groups is 1. The van der Waals surface area contributed by atoms with Gasteiger partial charge in [-0.25, -0.2) is 4.98 Å².